The van der Waals surface area contributed by atoms with Gasteiger partial charge in [0.05, 0.1) is 0 Å². The molecule has 6 nitrogen and oxygen atoms in total. The quantitative estimate of drug-likeness (QED) is 0.715. The van der Waals surface area contributed by atoms with Crippen LogP contribution in [0.1, 0.15) is 32.1 Å². The molecule has 1 atom stereocenters. The Morgan fingerprint density at radius 1 is 1.15 bits per heavy atom. The molecule has 0 bridgehead atoms. The molecule has 2 amide bonds. The Morgan fingerprint density at radius 3 is 2.60 bits per heavy atom. The fraction of sp³-hybridized carbons (Fsp3) is 0.857. The van der Waals surface area contributed by atoms with Gasteiger partial charge in [-0.2, -0.15) is 0 Å². The van der Waals surface area contributed by atoms with Crippen molar-refractivity contribution in [1.29, 1.82) is 0 Å². The molecule has 0 aromatic heterocycles. The van der Waals surface area contributed by atoms with Crippen LogP contribution in [0.4, 0.5) is 0 Å². The van der Waals surface area contributed by atoms with Crippen LogP contribution < -0.4 is 11.1 Å². The lowest BCUT2D eigenvalue weighted by Crippen LogP contribution is -2.48. The molecule has 2 aliphatic rings. The van der Waals surface area contributed by atoms with Crippen LogP contribution >= 0.6 is 0 Å². The first kappa shape index (κ1) is 15.3. The van der Waals surface area contributed by atoms with Crippen molar-refractivity contribution in [1.82, 2.24) is 15.1 Å². The van der Waals surface area contributed by atoms with E-state index in [0.29, 0.717) is 12.8 Å². The highest BCUT2D eigenvalue weighted by atomic mass is 16.2. The Morgan fingerprint density at radius 2 is 1.90 bits per heavy atom. The summed E-state index contributed by atoms with van der Waals surface area (Å²) in [5.41, 5.74) is 5.31. The largest absolute Gasteiger partial charge is 0.370 e. The lowest BCUT2D eigenvalue weighted by Gasteiger charge is -2.35. The highest BCUT2D eigenvalue weighted by Crippen LogP contribution is 2.19. The molecule has 20 heavy (non-hydrogen) atoms. The fourth-order valence-electron chi connectivity index (χ4n) is 3.13. The molecule has 0 saturated carbocycles. The number of carbonyl (C=O) groups is 2. The number of piperazine rings is 1. The molecule has 0 aromatic rings. The van der Waals surface area contributed by atoms with Crippen molar-refractivity contribution in [2.24, 2.45) is 5.73 Å². The predicted octanol–water partition coefficient (Wildman–Crippen LogP) is -0.462. The highest BCUT2D eigenvalue weighted by molar-refractivity contribution is 5.76. The number of amides is 2. The summed E-state index contributed by atoms with van der Waals surface area (Å²) in [5.74, 6) is -0.00905. The minimum absolute atomic E-state index is 0.231. The Kier molecular flexibility index (Phi) is 5.79. The van der Waals surface area contributed by atoms with Crippen LogP contribution in [0.3, 0.4) is 0 Å². The van der Waals surface area contributed by atoms with E-state index in [9.17, 15) is 9.59 Å². The number of carbonyl (C=O) groups excluding carboxylic acids is 2. The second-order valence-corrected chi connectivity index (χ2v) is 5.74. The Labute approximate surface area is 120 Å². The third-order valence-corrected chi connectivity index (χ3v) is 4.27. The molecule has 1 unspecified atom stereocenters. The Hall–Kier alpha value is -1.14. The van der Waals surface area contributed by atoms with Gasteiger partial charge in [0.15, 0.2) is 0 Å². The maximum Gasteiger partial charge on any atom is 0.223 e. The van der Waals surface area contributed by atoms with Crippen LogP contribution in [0.25, 0.3) is 0 Å². The first-order chi connectivity index (χ1) is 9.66. The summed E-state index contributed by atoms with van der Waals surface area (Å²) in [6, 6.07) is 0.233. The van der Waals surface area contributed by atoms with Crippen molar-refractivity contribution in [3.8, 4) is 0 Å². The van der Waals surface area contributed by atoms with Gasteiger partial charge in [-0.15, -0.1) is 0 Å². The normalized spacial score (nSPS) is 24.6. The molecule has 2 heterocycles. The van der Waals surface area contributed by atoms with Gasteiger partial charge in [-0.1, -0.05) is 6.42 Å². The molecule has 2 rings (SSSR count). The van der Waals surface area contributed by atoms with Crippen LogP contribution in [-0.4, -0.2) is 66.9 Å². The average molecular weight is 282 g/mol. The van der Waals surface area contributed by atoms with Crippen LogP contribution in [0.15, 0.2) is 0 Å². The van der Waals surface area contributed by atoms with Gasteiger partial charge in [0.25, 0.3) is 0 Å². The molecule has 2 saturated heterocycles. The molecule has 0 spiro atoms. The highest BCUT2D eigenvalue weighted by Gasteiger charge is 2.25. The lowest BCUT2D eigenvalue weighted by atomic mass is 9.99. The number of nitrogens with zero attached hydrogens (tertiary/aromatic N) is 2. The number of nitrogens with two attached hydrogens (primary N) is 1. The first-order valence-corrected chi connectivity index (χ1v) is 7.67. The average Bonchev–Trinajstić information content (AvgIpc) is 2.46. The SMILES string of the molecule is NC(=O)CC1CCCCN1CCC(=O)N1CCNCC1. The smallest absolute Gasteiger partial charge is 0.223 e. The number of hydrogen-bond acceptors (Lipinski definition) is 4. The van der Waals surface area contributed by atoms with Crippen molar-refractivity contribution in [2.45, 2.75) is 38.1 Å². The van der Waals surface area contributed by atoms with E-state index in [1.165, 1.54) is 0 Å². The van der Waals surface area contributed by atoms with Crippen molar-refractivity contribution in [3.63, 3.8) is 0 Å². The number of primary amides is 1. The minimum Gasteiger partial charge on any atom is -0.370 e. The summed E-state index contributed by atoms with van der Waals surface area (Å²) in [6.45, 7) is 5.13. The van der Waals surface area contributed by atoms with Gasteiger partial charge in [0.2, 0.25) is 11.8 Å². The number of rotatable bonds is 5. The Bertz CT molecular complexity index is 342. The van der Waals surface area contributed by atoms with Gasteiger partial charge in [-0.05, 0) is 19.4 Å². The third kappa shape index (κ3) is 4.45. The number of piperidine rings is 1. The van der Waals surface area contributed by atoms with Crippen LogP contribution in [-0.2, 0) is 9.59 Å². The van der Waals surface area contributed by atoms with E-state index in [4.69, 9.17) is 5.73 Å². The molecule has 6 heteroatoms. The molecule has 2 aliphatic heterocycles. The van der Waals surface area contributed by atoms with E-state index in [1.54, 1.807) is 0 Å². The zero-order valence-electron chi connectivity index (χ0n) is 12.1. The van der Waals surface area contributed by atoms with Gasteiger partial charge >= 0.3 is 0 Å². The lowest BCUT2D eigenvalue weighted by molar-refractivity contribution is -0.132. The molecule has 114 valence electrons. The molecular formula is C14H26N4O2. The van der Waals surface area contributed by atoms with Crippen LogP contribution in [0.5, 0.6) is 0 Å². The Balaban J connectivity index is 1.78. The van der Waals surface area contributed by atoms with Crippen LogP contribution in [0.2, 0.25) is 0 Å². The number of likely N-dealkylation sites (tertiary alicyclic amines) is 1. The van der Waals surface area contributed by atoms with Gasteiger partial charge in [0.1, 0.15) is 0 Å². The second-order valence-electron chi connectivity index (χ2n) is 5.74. The molecular weight excluding hydrogens is 256 g/mol. The molecule has 2 fully saturated rings. The monoisotopic (exact) mass is 282 g/mol. The summed E-state index contributed by atoms with van der Waals surface area (Å²) in [4.78, 5) is 27.5. The maximum atomic E-state index is 12.1. The number of hydrogen-bond donors (Lipinski definition) is 2. The first-order valence-electron chi connectivity index (χ1n) is 7.67. The van der Waals surface area contributed by atoms with E-state index in [0.717, 1.165) is 58.5 Å². The van der Waals surface area contributed by atoms with Crippen molar-refractivity contribution < 1.29 is 9.59 Å². The van der Waals surface area contributed by atoms with Gasteiger partial charge in [-0.3, -0.25) is 14.5 Å². The molecule has 0 radical (unpaired) electrons. The molecule has 0 aromatic carbocycles. The van der Waals surface area contributed by atoms with Crippen LogP contribution in [0, 0.1) is 0 Å². The summed E-state index contributed by atoms with van der Waals surface area (Å²) in [7, 11) is 0. The zero-order chi connectivity index (χ0) is 14.4. The second kappa shape index (κ2) is 7.59. The van der Waals surface area contributed by atoms with Gasteiger partial charge in [0, 0.05) is 51.6 Å². The van der Waals surface area contributed by atoms with E-state index in [2.05, 4.69) is 10.2 Å². The van der Waals surface area contributed by atoms with Gasteiger partial charge in [-0.25, -0.2) is 0 Å². The van der Waals surface area contributed by atoms with Crippen molar-refractivity contribution in [2.75, 3.05) is 39.3 Å². The summed E-state index contributed by atoms with van der Waals surface area (Å²) in [6.07, 6.45) is 4.29. The van der Waals surface area contributed by atoms with E-state index >= 15 is 0 Å². The molecule has 3 N–H and O–H groups in total. The third-order valence-electron chi connectivity index (χ3n) is 4.27. The number of nitrogens with one attached hydrogen (secondary N) is 1. The summed E-state index contributed by atoms with van der Waals surface area (Å²) >= 11 is 0. The van der Waals surface area contributed by atoms with E-state index in [1.807, 2.05) is 4.90 Å². The predicted molar refractivity (Wildman–Crippen MR) is 77.1 cm³/mol. The van der Waals surface area contributed by atoms with Gasteiger partial charge < -0.3 is 16.0 Å². The fourth-order valence-corrected chi connectivity index (χ4v) is 3.13. The van der Waals surface area contributed by atoms with E-state index < -0.39 is 0 Å². The molecule has 0 aliphatic carbocycles. The standard InChI is InChI=1S/C14H26N4O2/c15-13(19)11-12-3-1-2-7-17(12)8-4-14(20)18-9-5-16-6-10-18/h12,16H,1-11H2,(H2,15,19). The maximum absolute atomic E-state index is 12.1. The van der Waals surface area contributed by atoms with Crippen molar-refractivity contribution >= 4 is 11.8 Å². The minimum atomic E-state index is -0.240. The summed E-state index contributed by atoms with van der Waals surface area (Å²) < 4.78 is 0. The summed E-state index contributed by atoms with van der Waals surface area (Å²) in [5, 5.41) is 3.25. The van der Waals surface area contributed by atoms with Crippen molar-refractivity contribution in [3.05, 3.63) is 0 Å². The van der Waals surface area contributed by atoms with E-state index in [-0.39, 0.29) is 17.9 Å². The topological polar surface area (TPSA) is 78.7 Å². The zero-order valence-corrected chi connectivity index (χ0v) is 12.1.